The molecular formula is C15H16ClFN4O2. The maximum Gasteiger partial charge on any atom is 0.345 e. The van der Waals surface area contributed by atoms with Crippen LogP contribution in [0.2, 0.25) is 5.02 Å². The first kappa shape index (κ1) is 15.7. The predicted molar refractivity (Wildman–Crippen MR) is 83.1 cm³/mol. The number of nitrogens with zero attached hydrogens (tertiary/aromatic N) is 3. The number of amides is 1. The fourth-order valence-corrected chi connectivity index (χ4v) is 3.06. The number of carbonyl (C=O) groups is 1. The molecule has 0 radical (unpaired) electrons. The van der Waals surface area contributed by atoms with Gasteiger partial charge in [0.25, 0.3) is 5.91 Å². The molecule has 1 aromatic heterocycles. The standard InChI is InChI=1S/C15H16ClFN4O2/c1-20-15(23)21-8-7-9(5-6-12(21)19-20)18-14(22)13-10(16)3-2-4-11(13)17/h2-4,9H,5-8H2,1H3,(H,18,22). The van der Waals surface area contributed by atoms with Crippen LogP contribution in [0.5, 0.6) is 0 Å². The fourth-order valence-electron chi connectivity index (χ4n) is 2.81. The molecule has 6 nitrogen and oxygen atoms in total. The molecule has 3 rings (SSSR count). The van der Waals surface area contributed by atoms with E-state index in [0.717, 1.165) is 0 Å². The van der Waals surface area contributed by atoms with E-state index in [9.17, 15) is 14.0 Å². The average Bonchev–Trinajstić information content (AvgIpc) is 2.66. The molecule has 0 fully saturated rings. The van der Waals surface area contributed by atoms with Crippen molar-refractivity contribution in [1.82, 2.24) is 19.7 Å². The minimum atomic E-state index is -0.648. The first-order chi connectivity index (χ1) is 11.0. The lowest BCUT2D eigenvalue weighted by molar-refractivity contribution is 0.0929. The van der Waals surface area contributed by atoms with Crippen molar-refractivity contribution < 1.29 is 9.18 Å². The quantitative estimate of drug-likeness (QED) is 0.902. The lowest BCUT2D eigenvalue weighted by atomic mass is 10.1. The number of halogens is 2. The van der Waals surface area contributed by atoms with Crippen molar-refractivity contribution >= 4 is 17.5 Å². The largest absolute Gasteiger partial charge is 0.349 e. The molecule has 8 heteroatoms. The van der Waals surface area contributed by atoms with E-state index in [2.05, 4.69) is 10.4 Å². The molecule has 0 spiro atoms. The topological polar surface area (TPSA) is 68.9 Å². The second-order valence-corrected chi connectivity index (χ2v) is 5.98. The SMILES string of the molecule is Cn1nc2n(c1=O)CCC(NC(=O)c1c(F)cccc1Cl)CC2. The summed E-state index contributed by atoms with van der Waals surface area (Å²) in [5.74, 6) is -0.478. The van der Waals surface area contributed by atoms with Crippen molar-refractivity contribution in [3.8, 4) is 0 Å². The Hall–Kier alpha value is -2.15. The summed E-state index contributed by atoms with van der Waals surface area (Å²) < 4.78 is 16.7. The van der Waals surface area contributed by atoms with Gasteiger partial charge in [-0.15, -0.1) is 0 Å². The third-order valence-corrected chi connectivity index (χ3v) is 4.34. The number of aryl methyl sites for hydroxylation is 2. The van der Waals surface area contributed by atoms with E-state index < -0.39 is 11.7 Å². The zero-order chi connectivity index (χ0) is 16.6. The predicted octanol–water partition coefficient (Wildman–Crippen LogP) is 1.51. The average molecular weight is 339 g/mol. The van der Waals surface area contributed by atoms with Crippen LogP contribution >= 0.6 is 11.6 Å². The van der Waals surface area contributed by atoms with Gasteiger partial charge in [-0.05, 0) is 25.0 Å². The molecule has 1 N–H and O–H groups in total. The number of rotatable bonds is 2. The van der Waals surface area contributed by atoms with E-state index in [-0.39, 0.29) is 22.3 Å². The molecule has 1 unspecified atom stereocenters. The van der Waals surface area contributed by atoms with Gasteiger partial charge in [0.05, 0.1) is 10.6 Å². The van der Waals surface area contributed by atoms with Gasteiger partial charge in [-0.25, -0.2) is 13.9 Å². The highest BCUT2D eigenvalue weighted by molar-refractivity contribution is 6.33. The zero-order valence-electron chi connectivity index (χ0n) is 12.6. The van der Waals surface area contributed by atoms with Crippen LogP contribution in [0.4, 0.5) is 4.39 Å². The Morgan fingerprint density at radius 1 is 1.43 bits per heavy atom. The molecule has 2 heterocycles. The van der Waals surface area contributed by atoms with Gasteiger partial charge < -0.3 is 5.32 Å². The molecule has 0 bridgehead atoms. The second-order valence-electron chi connectivity index (χ2n) is 5.57. The minimum Gasteiger partial charge on any atom is -0.349 e. The molecule has 1 amide bonds. The molecule has 122 valence electrons. The first-order valence-corrected chi connectivity index (χ1v) is 7.72. The highest BCUT2D eigenvalue weighted by atomic mass is 35.5. The molecule has 1 aliphatic heterocycles. The summed E-state index contributed by atoms with van der Waals surface area (Å²) in [5, 5.41) is 7.07. The van der Waals surface area contributed by atoms with Crippen LogP contribution in [-0.4, -0.2) is 26.3 Å². The van der Waals surface area contributed by atoms with Crippen molar-refractivity contribution in [2.24, 2.45) is 7.05 Å². The Morgan fingerprint density at radius 2 is 2.22 bits per heavy atom. The van der Waals surface area contributed by atoms with E-state index in [0.29, 0.717) is 31.6 Å². The number of hydrogen-bond acceptors (Lipinski definition) is 3. The van der Waals surface area contributed by atoms with Crippen LogP contribution in [0.1, 0.15) is 29.0 Å². The third-order valence-electron chi connectivity index (χ3n) is 4.03. The second kappa shape index (κ2) is 6.16. The van der Waals surface area contributed by atoms with Crippen molar-refractivity contribution in [3.05, 3.63) is 50.9 Å². The van der Waals surface area contributed by atoms with E-state index in [1.165, 1.54) is 22.9 Å². The van der Waals surface area contributed by atoms with Gasteiger partial charge in [-0.1, -0.05) is 17.7 Å². The van der Waals surface area contributed by atoms with E-state index >= 15 is 0 Å². The number of benzene rings is 1. The Labute approximate surface area is 136 Å². The monoisotopic (exact) mass is 338 g/mol. The van der Waals surface area contributed by atoms with Gasteiger partial charge in [0.15, 0.2) is 0 Å². The molecule has 23 heavy (non-hydrogen) atoms. The van der Waals surface area contributed by atoms with Crippen LogP contribution in [0.25, 0.3) is 0 Å². The molecule has 1 aromatic carbocycles. The number of fused-ring (bicyclic) bond motifs is 1. The minimum absolute atomic E-state index is 0.0814. The highest BCUT2D eigenvalue weighted by Gasteiger charge is 2.23. The summed E-state index contributed by atoms with van der Waals surface area (Å²) in [6, 6.07) is 3.97. The molecule has 0 saturated heterocycles. The number of aromatic nitrogens is 3. The smallest absolute Gasteiger partial charge is 0.345 e. The summed E-state index contributed by atoms with van der Waals surface area (Å²) >= 11 is 5.91. The van der Waals surface area contributed by atoms with Crippen LogP contribution in [0.3, 0.4) is 0 Å². The Balaban J connectivity index is 1.73. The van der Waals surface area contributed by atoms with Crippen molar-refractivity contribution in [2.75, 3.05) is 0 Å². The number of nitrogens with one attached hydrogen (secondary N) is 1. The molecule has 2 aromatic rings. The molecule has 1 atom stereocenters. The maximum atomic E-state index is 13.8. The number of carbonyl (C=O) groups excluding carboxylic acids is 1. The lowest BCUT2D eigenvalue weighted by Gasteiger charge is -2.16. The highest BCUT2D eigenvalue weighted by Crippen LogP contribution is 2.20. The van der Waals surface area contributed by atoms with Gasteiger partial charge in [0.2, 0.25) is 0 Å². The molecule has 1 aliphatic rings. The fraction of sp³-hybridized carbons (Fsp3) is 0.400. The lowest BCUT2D eigenvalue weighted by Crippen LogP contribution is -2.36. The van der Waals surface area contributed by atoms with Crippen LogP contribution in [0, 0.1) is 5.82 Å². The Bertz CT molecular complexity index is 794. The Kier molecular flexibility index (Phi) is 4.21. The normalized spacial score (nSPS) is 17.4. The number of hydrogen-bond donors (Lipinski definition) is 1. The maximum absolute atomic E-state index is 13.8. The summed E-state index contributed by atoms with van der Waals surface area (Å²) in [7, 11) is 1.61. The first-order valence-electron chi connectivity index (χ1n) is 7.35. The third kappa shape index (κ3) is 3.01. The molecule has 0 aliphatic carbocycles. The van der Waals surface area contributed by atoms with Crippen LogP contribution < -0.4 is 11.0 Å². The van der Waals surface area contributed by atoms with Crippen molar-refractivity contribution in [3.63, 3.8) is 0 Å². The summed E-state index contributed by atoms with van der Waals surface area (Å²) in [5.41, 5.74) is -0.309. The van der Waals surface area contributed by atoms with Crippen molar-refractivity contribution in [1.29, 1.82) is 0 Å². The molecular weight excluding hydrogens is 323 g/mol. The zero-order valence-corrected chi connectivity index (χ0v) is 13.3. The van der Waals surface area contributed by atoms with Gasteiger partial charge in [-0.3, -0.25) is 9.36 Å². The van der Waals surface area contributed by atoms with Gasteiger partial charge in [0, 0.05) is 26.1 Å². The van der Waals surface area contributed by atoms with E-state index in [1.807, 2.05) is 0 Å². The van der Waals surface area contributed by atoms with Crippen LogP contribution in [-0.2, 0) is 20.0 Å². The van der Waals surface area contributed by atoms with Crippen molar-refractivity contribution in [2.45, 2.75) is 31.8 Å². The summed E-state index contributed by atoms with van der Waals surface area (Å²) in [6.45, 7) is 0.470. The van der Waals surface area contributed by atoms with Gasteiger partial charge >= 0.3 is 5.69 Å². The summed E-state index contributed by atoms with van der Waals surface area (Å²) in [4.78, 5) is 24.2. The van der Waals surface area contributed by atoms with Gasteiger partial charge in [0.1, 0.15) is 11.6 Å². The van der Waals surface area contributed by atoms with Crippen LogP contribution in [0.15, 0.2) is 23.0 Å². The van der Waals surface area contributed by atoms with Gasteiger partial charge in [-0.2, -0.15) is 5.10 Å². The van der Waals surface area contributed by atoms with E-state index in [4.69, 9.17) is 11.6 Å². The summed E-state index contributed by atoms with van der Waals surface area (Å²) in [6.07, 6.45) is 1.79. The molecule has 0 saturated carbocycles. The Morgan fingerprint density at radius 3 is 2.96 bits per heavy atom. The van der Waals surface area contributed by atoms with E-state index in [1.54, 1.807) is 11.6 Å².